The average molecular weight is 387 g/mol. The number of carboxylic acid groups (broad SMARTS) is 1. The number of ether oxygens (including phenoxy) is 1. The third-order valence-corrected chi connectivity index (χ3v) is 5.62. The summed E-state index contributed by atoms with van der Waals surface area (Å²) in [7, 11) is 0. The summed E-state index contributed by atoms with van der Waals surface area (Å²) in [5.41, 5.74) is 2.59. The Kier molecular flexibility index (Phi) is 7.19. The van der Waals surface area contributed by atoms with E-state index in [1.165, 1.54) is 11.1 Å². The minimum Gasteiger partial charge on any atom is -0.483 e. The minimum atomic E-state index is -0.250. The first-order valence-electron chi connectivity index (χ1n) is 9.87. The number of carbonyl (C=O) groups is 1. The highest BCUT2D eigenvalue weighted by molar-refractivity contribution is 5.61. The summed E-state index contributed by atoms with van der Waals surface area (Å²) in [5, 5.41) is 16.1. The summed E-state index contributed by atoms with van der Waals surface area (Å²) in [6.07, 6.45) is 7.06. The van der Waals surface area contributed by atoms with Crippen molar-refractivity contribution in [2.75, 3.05) is 26.3 Å². The predicted molar refractivity (Wildman–Crippen MR) is 106 cm³/mol. The molecule has 7 heteroatoms. The summed E-state index contributed by atoms with van der Waals surface area (Å²) in [4.78, 5) is 15.6. The van der Waals surface area contributed by atoms with Gasteiger partial charge in [-0.15, -0.1) is 0 Å². The fourth-order valence-corrected chi connectivity index (χ4v) is 4.30. The van der Waals surface area contributed by atoms with Gasteiger partial charge in [0.1, 0.15) is 5.82 Å². The first-order valence-corrected chi connectivity index (χ1v) is 9.87. The molecule has 4 rings (SSSR count). The van der Waals surface area contributed by atoms with E-state index in [1.807, 2.05) is 6.20 Å². The molecule has 1 aromatic carbocycles. The van der Waals surface area contributed by atoms with Gasteiger partial charge in [0.05, 0.1) is 12.7 Å². The number of fused-ring (bicyclic) bond motifs is 1. The van der Waals surface area contributed by atoms with E-state index in [0.29, 0.717) is 12.1 Å². The molecule has 3 heterocycles. The van der Waals surface area contributed by atoms with Crippen LogP contribution in [0.4, 0.5) is 0 Å². The zero-order valence-corrected chi connectivity index (χ0v) is 16.3. The lowest BCUT2D eigenvalue weighted by molar-refractivity contribution is -0.122. The fraction of sp³-hybridized carbons (Fsp3) is 0.524. The van der Waals surface area contributed by atoms with Crippen molar-refractivity contribution in [3.63, 3.8) is 0 Å². The molecule has 3 atom stereocenters. The third-order valence-electron chi connectivity index (χ3n) is 5.62. The van der Waals surface area contributed by atoms with Gasteiger partial charge >= 0.3 is 0 Å². The van der Waals surface area contributed by atoms with Crippen molar-refractivity contribution >= 4 is 6.47 Å². The van der Waals surface area contributed by atoms with E-state index in [4.69, 9.17) is 19.7 Å². The largest absolute Gasteiger partial charge is 0.483 e. The van der Waals surface area contributed by atoms with E-state index >= 15 is 0 Å². The van der Waals surface area contributed by atoms with Crippen molar-refractivity contribution in [1.82, 2.24) is 14.5 Å². The van der Waals surface area contributed by atoms with Crippen molar-refractivity contribution in [3.05, 3.63) is 42.2 Å². The maximum atomic E-state index is 9.16. The van der Waals surface area contributed by atoms with Crippen molar-refractivity contribution in [2.24, 2.45) is 0 Å². The molecule has 1 aromatic heterocycles. The lowest BCUT2D eigenvalue weighted by atomic mass is 10.0. The van der Waals surface area contributed by atoms with Crippen molar-refractivity contribution in [3.8, 4) is 11.4 Å². The van der Waals surface area contributed by atoms with Gasteiger partial charge in [0, 0.05) is 49.7 Å². The highest BCUT2D eigenvalue weighted by atomic mass is 16.5. The van der Waals surface area contributed by atoms with Crippen LogP contribution < -0.4 is 0 Å². The van der Waals surface area contributed by atoms with Gasteiger partial charge < -0.3 is 19.5 Å². The summed E-state index contributed by atoms with van der Waals surface area (Å²) < 4.78 is 8.28. The SMILES string of the molecule is CCc1ccccc1-c1nccn1[C@@H]1C[C@H]2CO[C@@H](CCO)CN2C1.O=CO. The third kappa shape index (κ3) is 4.43. The number of benzene rings is 1. The number of aliphatic hydroxyl groups is 1. The molecule has 7 nitrogen and oxygen atoms in total. The molecule has 0 aliphatic carbocycles. The van der Waals surface area contributed by atoms with Crippen LogP contribution in [0.1, 0.15) is 31.4 Å². The van der Waals surface area contributed by atoms with Crippen LogP contribution in [0.2, 0.25) is 0 Å². The lowest BCUT2D eigenvalue weighted by Crippen LogP contribution is -2.46. The Labute approximate surface area is 165 Å². The van der Waals surface area contributed by atoms with Crippen LogP contribution in [0, 0.1) is 0 Å². The average Bonchev–Trinajstić information content (AvgIpc) is 3.35. The molecule has 0 amide bonds. The molecule has 0 spiro atoms. The Hall–Kier alpha value is -2.22. The van der Waals surface area contributed by atoms with Crippen LogP contribution in [0.3, 0.4) is 0 Å². The Morgan fingerprint density at radius 1 is 1.29 bits per heavy atom. The standard InChI is InChI=1S/C20H27N3O2.CH2O2/c1-2-15-5-3-4-6-19(15)20-21-8-9-23(20)16-11-17-14-25-18(7-10-24)13-22(17)12-16;2-1-3/h3-6,8-9,16-18,24H,2,7,10-14H2,1H3;1H,(H,2,3)/t16-,17+,18+;/m1./s1. The molecule has 2 aliphatic rings. The molecule has 2 N–H and O–H groups in total. The highest BCUT2D eigenvalue weighted by Crippen LogP contribution is 2.34. The molecule has 152 valence electrons. The van der Waals surface area contributed by atoms with Crippen LogP contribution >= 0.6 is 0 Å². The second-order valence-electron chi connectivity index (χ2n) is 7.24. The summed E-state index contributed by atoms with van der Waals surface area (Å²) in [6, 6.07) is 9.49. The van der Waals surface area contributed by atoms with Crippen molar-refractivity contribution in [2.45, 2.75) is 44.4 Å². The number of nitrogens with zero attached hydrogens (tertiary/aromatic N) is 3. The van der Waals surface area contributed by atoms with Crippen LogP contribution in [-0.2, 0) is 16.0 Å². The second-order valence-corrected chi connectivity index (χ2v) is 7.24. The summed E-state index contributed by atoms with van der Waals surface area (Å²) in [6.45, 7) is 4.88. The van der Waals surface area contributed by atoms with Gasteiger partial charge in [0.25, 0.3) is 6.47 Å². The highest BCUT2D eigenvalue weighted by Gasteiger charge is 2.38. The van der Waals surface area contributed by atoms with Crippen LogP contribution in [0.25, 0.3) is 11.4 Å². The van der Waals surface area contributed by atoms with Crippen LogP contribution in [-0.4, -0.2) is 69.6 Å². The van der Waals surface area contributed by atoms with Gasteiger partial charge in [-0.3, -0.25) is 9.69 Å². The van der Waals surface area contributed by atoms with Gasteiger partial charge in [-0.25, -0.2) is 4.98 Å². The smallest absolute Gasteiger partial charge is 0.290 e. The molecule has 2 fully saturated rings. The molecule has 0 radical (unpaired) electrons. The number of aromatic nitrogens is 2. The second kappa shape index (κ2) is 9.82. The van der Waals surface area contributed by atoms with Crippen molar-refractivity contribution in [1.29, 1.82) is 0 Å². The normalized spacial score (nSPS) is 24.3. The zero-order chi connectivity index (χ0) is 19.9. The predicted octanol–water partition coefficient (Wildman–Crippen LogP) is 2.21. The van der Waals surface area contributed by atoms with E-state index < -0.39 is 0 Å². The first-order chi connectivity index (χ1) is 13.7. The Morgan fingerprint density at radius 2 is 2.07 bits per heavy atom. The summed E-state index contributed by atoms with van der Waals surface area (Å²) in [5.74, 6) is 1.08. The number of aryl methyl sites for hydroxylation is 1. The van der Waals surface area contributed by atoms with Gasteiger partial charge in [-0.05, 0) is 24.8 Å². The molecule has 0 saturated carbocycles. The maximum Gasteiger partial charge on any atom is 0.290 e. The van der Waals surface area contributed by atoms with E-state index in [2.05, 4.69) is 51.8 Å². The lowest BCUT2D eigenvalue weighted by Gasteiger charge is -2.34. The fourth-order valence-electron chi connectivity index (χ4n) is 4.30. The van der Waals surface area contributed by atoms with Gasteiger partial charge in [0.2, 0.25) is 0 Å². The monoisotopic (exact) mass is 387 g/mol. The number of morpholine rings is 1. The van der Waals surface area contributed by atoms with Crippen LogP contribution in [0.15, 0.2) is 36.7 Å². The molecule has 2 aliphatic heterocycles. The molecular weight excluding hydrogens is 358 g/mol. The molecular formula is C21H29N3O4. The molecule has 2 saturated heterocycles. The molecule has 28 heavy (non-hydrogen) atoms. The number of aliphatic hydroxyl groups excluding tert-OH is 1. The Bertz CT molecular complexity index is 764. The van der Waals surface area contributed by atoms with Gasteiger partial charge in [0.15, 0.2) is 0 Å². The minimum absolute atomic E-state index is 0.170. The Balaban J connectivity index is 0.000000706. The quantitative estimate of drug-likeness (QED) is 0.765. The molecule has 0 unspecified atom stereocenters. The number of hydrogen-bond donors (Lipinski definition) is 2. The zero-order valence-electron chi connectivity index (χ0n) is 16.3. The number of rotatable bonds is 5. The topological polar surface area (TPSA) is 87.8 Å². The van der Waals surface area contributed by atoms with E-state index in [0.717, 1.165) is 44.8 Å². The molecule has 0 bridgehead atoms. The first kappa shape index (κ1) is 20.5. The van der Waals surface area contributed by atoms with Crippen LogP contribution in [0.5, 0.6) is 0 Å². The summed E-state index contributed by atoms with van der Waals surface area (Å²) >= 11 is 0. The number of imidazole rings is 1. The molecule has 2 aromatic rings. The van der Waals surface area contributed by atoms with E-state index in [9.17, 15) is 0 Å². The van der Waals surface area contributed by atoms with Gasteiger partial charge in [-0.1, -0.05) is 31.2 Å². The Morgan fingerprint density at radius 3 is 2.82 bits per heavy atom. The van der Waals surface area contributed by atoms with E-state index in [1.54, 1.807) is 0 Å². The number of hydrogen-bond acceptors (Lipinski definition) is 5. The van der Waals surface area contributed by atoms with Gasteiger partial charge in [-0.2, -0.15) is 0 Å². The maximum absolute atomic E-state index is 9.16. The van der Waals surface area contributed by atoms with E-state index in [-0.39, 0.29) is 19.2 Å². The van der Waals surface area contributed by atoms with Crippen molar-refractivity contribution < 1.29 is 19.7 Å².